The third-order valence-electron chi connectivity index (χ3n) is 6.32. The summed E-state index contributed by atoms with van der Waals surface area (Å²) in [4.78, 5) is 33.9. The van der Waals surface area contributed by atoms with E-state index in [-0.39, 0.29) is 11.2 Å². The zero-order chi connectivity index (χ0) is 25.0. The van der Waals surface area contributed by atoms with Gasteiger partial charge in [0.15, 0.2) is 22.1 Å². The smallest absolute Gasteiger partial charge is 0.297 e. The Morgan fingerprint density at radius 3 is 2.69 bits per heavy atom. The number of ether oxygens (including phenoxy) is 2. The number of nitrogens with zero attached hydrogens (tertiary/aromatic N) is 2. The molecule has 0 bridgehead atoms. The average molecular weight is 499 g/mol. The fourth-order valence-electron chi connectivity index (χ4n) is 4.68. The van der Waals surface area contributed by atoms with Gasteiger partial charge in [-0.15, -0.1) is 0 Å². The predicted octanol–water partition coefficient (Wildman–Crippen LogP) is 5.87. The minimum Gasteiger partial charge on any atom is -0.493 e. The number of rotatable bonds is 5. The SMILES string of the molecule is CCOc1ccc([C@@H]2c3c(oc4ccccc4c3=O)C(=O)N2c2nc3ccc(C)cc3s2)cc1OC. The topological polar surface area (TPSA) is 81.9 Å². The lowest BCUT2D eigenvalue weighted by Gasteiger charge is -2.23. The molecule has 180 valence electrons. The average Bonchev–Trinajstić information content (AvgIpc) is 3.43. The molecule has 1 aliphatic rings. The molecule has 0 N–H and O–H groups in total. The fourth-order valence-corrected chi connectivity index (χ4v) is 5.77. The van der Waals surface area contributed by atoms with Crippen LogP contribution >= 0.6 is 11.3 Å². The summed E-state index contributed by atoms with van der Waals surface area (Å²) in [5.74, 6) is 0.731. The van der Waals surface area contributed by atoms with E-state index in [4.69, 9.17) is 18.9 Å². The molecule has 3 heterocycles. The first kappa shape index (κ1) is 22.3. The van der Waals surface area contributed by atoms with Crippen molar-refractivity contribution in [3.63, 3.8) is 0 Å². The summed E-state index contributed by atoms with van der Waals surface area (Å²) in [6.45, 7) is 4.39. The summed E-state index contributed by atoms with van der Waals surface area (Å²) in [5.41, 5.74) is 3.01. The molecule has 0 fully saturated rings. The quantitative estimate of drug-likeness (QED) is 0.302. The van der Waals surface area contributed by atoms with E-state index in [9.17, 15) is 9.59 Å². The third kappa shape index (κ3) is 3.37. The molecule has 6 rings (SSSR count). The molecule has 0 spiro atoms. The van der Waals surface area contributed by atoms with Crippen molar-refractivity contribution >= 4 is 43.6 Å². The highest BCUT2D eigenvalue weighted by Gasteiger charge is 2.45. The van der Waals surface area contributed by atoms with Crippen molar-refractivity contribution < 1.29 is 18.7 Å². The number of carbonyl (C=O) groups is 1. The van der Waals surface area contributed by atoms with Crippen LogP contribution in [0.2, 0.25) is 0 Å². The maximum Gasteiger partial charge on any atom is 0.297 e. The van der Waals surface area contributed by atoms with Gasteiger partial charge < -0.3 is 13.9 Å². The van der Waals surface area contributed by atoms with Crippen LogP contribution in [-0.4, -0.2) is 24.6 Å². The summed E-state index contributed by atoms with van der Waals surface area (Å²) in [7, 11) is 1.56. The summed E-state index contributed by atoms with van der Waals surface area (Å²) < 4.78 is 18.3. The molecule has 0 radical (unpaired) electrons. The van der Waals surface area contributed by atoms with Gasteiger partial charge in [0, 0.05) is 0 Å². The van der Waals surface area contributed by atoms with E-state index in [1.165, 1.54) is 11.3 Å². The van der Waals surface area contributed by atoms with E-state index in [0.29, 0.717) is 45.3 Å². The van der Waals surface area contributed by atoms with Gasteiger partial charge in [-0.25, -0.2) is 4.98 Å². The molecule has 1 aliphatic heterocycles. The Kier molecular flexibility index (Phi) is 5.26. The molecule has 0 unspecified atom stereocenters. The summed E-state index contributed by atoms with van der Waals surface area (Å²) in [6, 6.07) is 17.6. The predicted molar refractivity (Wildman–Crippen MR) is 140 cm³/mol. The van der Waals surface area contributed by atoms with Crippen molar-refractivity contribution in [3.05, 3.63) is 93.3 Å². The van der Waals surface area contributed by atoms with E-state index in [1.807, 2.05) is 38.1 Å². The normalized spacial score (nSPS) is 15.0. The van der Waals surface area contributed by atoms with Gasteiger partial charge in [-0.1, -0.05) is 35.6 Å². The molecule has 5 aromatic rings. The number of thiazole rings is 1. The molecule has 0 aliphatic carbocycles. The van der Waals surface area contributed by atoms with Crippen LogP contribution in [0, 0.1) is 6.92 Å². The lowest BCUT2D eigenvalue weighted by atomic mass is 9.98. The molecule has 7 nitrogen and oxygen atoms in total. The van der Waals surface area contributed by atoms with Gasteiger partial charge in [0.25, 0.3) is 5.91 Å². The molecule has 3 aromatic carbocycles. The number of anilines is 1. The molecular weight excluding hydrogens is 476 g/mol. The van der Waals surface area contributed by atoms with Crippen LogP contribution in [0.3, 0.4) is 0 Å². The number of para-hydroxylation sites is 1. The second-order valence-corrected chi connectivity index (χ2v) is 9.57. The van der Waals surface area contributed by atoms with Crippen molar-refractivity contribution in [2.45, 2.75) is 19.9 Å². The van der Waals surface area contributed by atoms with Gasteiger partial charge in [-0.2, -0.15) is 0 Å². The molecule has 1 amide bonds. The maximum absolute atomic E-state index is 13.8. The van der Waals surface area contributed by atoms with Crippen LogP contribution in [0.1, 0.15) is 40.2 Å². The summed E-state index contributed by atoms with van der Waals surface area (Å²) >= 11 is 1.41. The van der Waals surface area contributed by atoms with Crippen molar-refractivity contribution in [1.82, 2.24) is 4.98 Å². The number of fused-ring (bicyclic) bond motifs is 3. The highest BCUT2D eigenvalue weighted by Crippen LogP contribution is 2.45. The Morgan fingerprint density at radius 1 is 1.06 bits per heavy atom. The van der Waals surface area contributed by atoms with Gasteiger partial charge in [0.1, 0.15) is 5.58 Å². The second kappa shape index (κ2) is 8.49. The summed E-state index contributed by atoms with van der Waals surface area (Å²) in [6.07, 6.45) is 0. The summed E-state index contributed by atoms with van der Waals surface area (Å²) in [5, 5.41) is 0.919. The van der Waals surface area contributed by atoms with Gasteiger partial charge in [0.05, 0.1) is 40.9 Å². The van der Waals surface area contributed by atoms with E-state index < -0.39 is 11.9 Å². The Labute approximate surface area is 210 Å². The van der Waals surface area contributed by atoms with Crippen LogP contribution in [-0.2, 0) is 0 Å². The van der Waals surface area contributed by atoms with E-state index in [2.05, 4.69) is 0 Å². The van der Waals surface area contributed by atoms with Crippen LogP contribution in [0.15, 0.2) is 69.9 Å². The third-order valence-corrected chi connectivity index (χ3v) is 7.34. The number of hydrogen-bond donors (Lipinski definition) is 0. The lowest BCUT2D eigenvalue weighted by Crippen LogP contribution is -2.29. The minimum atomic E-state index is -0.736. The monoisotopic (exact) mass is 498 g/mol. The standard InChI is InChI=1S/C28H22N2O5S/c1-4-34-20-12-10-16(14-21(20)33-3)24-23-25(31)17-7-5-6-8-19(17)35-26(23)27(32)30(24)28-29-18-11-9-15(2)13-22(18)36-28/h5-14,24H,4H2,1-3H3/t24-/m1/s1. The van der Waals surface area contributed by atoms with Crippen molar-refractivity contribution in [3.8, 4) is 11.5 Å². The Balaban J connectivity index is 1.61. The molecule has 36 heavy (non-hydrogen) atoms. The van der Waals surface area contributed by atoms with E-state index >= 15 is 0 Å². The zero-order valence-corrected chi connectivity index (χ0v) is 20.7. The molecule has 2 aromatic heterocycles. The van der Waals surface area contributed by atoms with Crippen molar-refractivity contribution in [1.29, 1.82) is 0 Å². The molecule has 1 atom stereocenters. The lowest BCUT2D eigenvalue weighted by molar-refractivity contribution is 0.0971. The van der Waals surface area contributed by atoms with Crippen molar-refractivity contribution in [2.75, 3.05) is 18.6 Å². The van der Waals surface area contributed by atoms with Crippen LogP contribution in [0.25, 0.3) is 21.2 Å². The Morgan fingerprint density at radius 2 is 1.89 bits per heavy atom. The number of hydrogen-bond acceptors (Lipinski definition) is 7. The van der Waals surface area contributed by atoms with Crippen molar-refractivity contribution in [2.24, 2.45) is 0 Å². The number of aromatic nitrogens is 1. The van der Waals surface area contributed by atoms with Gasteiger partial charge in [0.2, 0.25) is 5.76 Å². The molecule has 0 saturated carbocycles. The van der Waals surface area contributed by atoms with Crippen LogP contribution < -0.4 is 19.8 Å². The number of benzene rings is 3. The van der Waals surface area contributed by atoms with E-state index in [0.717, 1.165) is 15.8 Å². The van der Waals surface area contributed by atoms with Gasteiger partial charge in [-0.05, 0) is 61.4 Å². The largest absolute Gasteiger partial charge is 0.493 e. The number of carbonyl (C=O) groups excluding carboxylic acids is 1. The molecule has 8 heteroatoms. The Bertz CT molecular complexity index is 1720. The van der Waals surface area contributed by atoms with Crippen LogP contribution in [0.5, 0.6) is 11.5 Å². The fraction of sp³-hybridized carbons (Fsp3) is 0.179. The van der Waals surface area contributed by atoms with Crippen LogP contribution in [0.4, 0.5) is 5.13 Å². The first-order chi connectivity index (χ1) is 17.5. The maximum atomic E-state index is 13.8. The second-order valence-electron chi connectivity index (χ2n) is 8.56. The number of amides is 1. The highest BCUT2D eigenvalue weighted by molar-refractivity contribution is 7.22. The highest BCUT2D eigenvalue weighted by atomic mass is 32.1. The molecular formula is C28H22N2O5S. The number of aryl methyl sites for hydroxylation is 1. The number of methoxy groups -OCH3 is 1. The first-order valence-corrected chi connectivity index (χ1v) is 12.4. The Hall–Kier alpha value is -4.17. The minimum absolute atomic E-state index is 0.0342. The van der Waals surface area contributed by atoms with Gasteiger partial charge >= 0.3 is 0 Å². The van der Waals surface area contributed by atoms with Gasteiger partial charge in [-0.3, -0.25) is 14.5 Å². The zero-order valence-electron chi connectivity index (χ0n) is 19.9. The first-order valence-electron chi connectivity index (χ1n) is 11.6. The molecule has 0 saturated heterocycles. The van der Waals surface area contributed by atoms with E-state index in [1.54, 1.807) is 48.4 Å².